The smallest absolute Gasteiger partial charge is 0.251 e. The van der Waals surface area contributed by atoms with Crippen molar-refractivity contribution in [2.24, 2.45) is 5.92 Å². The lowest BCUT2D eigenvalue weighted by atomic mass is 9.95. The molecule has 1 saturated carbocycles. The van der Waals surface area contributed by atoms with Crippen molar-refractivity contribution in [3.8, 4) is 0 Å². The van der Waals surface area contributed by atoms with E-state index >= 15 is 0 Å². The number of nitrogens with one attached hydrogen (secondary N) is 2. The van der Waals surface area contributed by atoms with Crippen molar-refractivity contribution in [1.29, 1.82) is 0 Å². The Balaban J connectivity index is 1.68. The molecule has 1 aromatic carbocycles. The number of hydrogen-bond acceptors (Lipinski definition) is 5. The molecule has 10 heteroatoms. The summed E-state index contributed by atoms with van der Waals surface area (Å²) < 4.78 is 1.96. The van der Waals surface area contributed by atoms with Gasteiger partial charge in [-0.05, 0) is 43.9 Å². The Bertz CT molecular complexity index is 976. The molecule has 0 unspecified atom stereocenters. The number of rotatable bonds is 9. The number of nitrogens with zero attached hydrogens (tertiary/aromatic N) is 3. The van der Waals surface area contributed by atoms with Gasteiger partial charge in [-0.15, -0.1) is 10.2 Å². The van der Waals surface area contributed by atoms with Crippen LogP contribution in [0.2, 0.25) is 10.0 Å². The molecular weight excluding hydrogens is 481 g/mol. The third kappa shape index (κ3) is 6.87. The first-order valence-electron chi connectivity index (χ1n) is 11.4. The van der Waals surface area contributed by atoms with Gasteiger partial charge in [-0.1, -0.05) is 68.1 Å². The van der Waals surface area contributed by atoms with Crippen LogP contribution in [0, 0.1) is 5.92 Å². The molecule has 1 aliphatic rings. The molecule has 2 amide bonds. The highest BCUT2D eigenvalue weighted by Crippen LogP contribution is 2.27. The van der Waals surface area contributed by atoms with Crippen LogP contribution in [0.1, 0.15) is 75.1 Å². The number of hydrogen-bond donors (Lipinski definition) is 2. The molecule has 0 bridgehead atoms. The Kier molecular flexibility index (Phi) is 9.47. The Labute approximate surface area is 209 Å². The van der Waals surface area contributed by atoms with Gasteiger partial charge in [-0.2, -0.15) is 0 Å². The first-order chi connectivity index (χ1) is 15.8. The minimum absolute atomic E-state index is 0.0208. The van der Waals surface area contributed by atoms with Crippen LogP contribution in [-0.2, 0) is 11.3 Å². The van der Waals surface area contributed by atoms with E-state index in [-0.39, 0.29) is 35.6 Å². The largest absolute Gasteiger partial charge is 0.353 e. The van der Waals surface area contributed by atoms with Gasteiger partial charge in [0.15, 0.2) is 11.0 Å². The normalized spacial score (nSPS) is 15.5. The van der Waals surface area contributed by atoms with Crippen LogP contribution in [-0.4, -0.2) is 38.4 Å². The van der Waals surface area contributed by atoms with Gasteiger partial charge in [0.25, 0.3) is 5.91 Å². The summed E-state index contributed by atoms with van der Waals surface area (Å²) in [6.45, 7) is 6.65. The van der Waals surface area contributed by atoms with Gasteiger partial charge in [0, 0.05) is 18.2 Å². The minimum atomic E-state index is -0.357. The lowest BCUT2D eigenvalue weighted by molar-refractivity contribution is -0.119. The highest BCUT2D eigenvalue weighted by molar-refractivity contribution is 7.99. The molecule has 1 fully saturated rings. The van der Waals surface area contributed by atoms with Crippen molar-refractivity contribution in [2.45, 2.75) is 76.7 Å². The molecule has 2 aromatic rings. The topological polar surface area (TPSA) is 88.9 Å². The lowest BCUT2D eigenvalue weighted by Gasteiger charge is -2.23. The Morgan fingerprint density at radius 3 is 2.52 bits per heavy atom. The lowest BCUT2D eigenvalue weighted by Crippen LogP contribution is -2.37. The van der Waals surface area contributed by atoms with E-state index in [2.05, 4.69) is 20.8 Å². The highest BCUT2D eigenvalue weighted by Gasteiger charge is 2.26. The van der Waals surface area contributed by atoms with Gasteiger partial charge < -0.3 is 15.2 Å². The second-order valence-corrected chi connectivity index (χ2v) is 10.4. The molecule has 1 aliphatic carbocycles. The summed E-state index contributed by atoms with van der Waals surface area (Å²) in [5.74, 6) is 0.776. The molecule has 3 rings (SSSR count). The van der Waals surface area contributed by atoms with Gasteiger partial charge in [-0.25, -0.2) is 0 Å². The van der Waals surface area contributed by atoms with Crippen molar-refractivity contribution < 1.29 is 9.59 Å². The van der Waals surface area contributed by atoms with Gasteiger partial charge in [0.05, 0.1) is 21.8 Å². The maximum absolute atomic E-state index is 12.9. The molecule has 0 spiro atoms. The third-order valence-electron chi connectivity index (χ3n) is 5.78. The molecular formula is C23H31Cl2N5O2S. The summed E-state index contributed by atoms with van der Waals surface area (Å²) >= 11 is 13.4. The number of halogens is 2. The van der Waals surface area contributed by atoms with Crippen LogP contribution in [0.15, 0.2) is 23.4 Å². The molecule has 180 valence electrons. The summed E-state index contributed by atoms with van der Waals surface area (Å²) in [5.41, 5.74) is 0.423. The van der Waals surface area contributed by atoms with E-state index in [0.29, 0.717) is 33.1 Å². The van der Waals surface area contributed by atoms with Gasteiger partial charge >= 0.3 is 0 Å². The zero-order chi connectivity index (χ0) is 24.0. The van der Waals surface area contributed by atoms with Crippen LogP contribution >= 0.6 is 35.0 Å². The fraction of sp³-hybridized carbons (Fsp3) is 0.565. The summed E-state index contributed by atoms with van der Waals surface area (Å²) in [7, 11) is 0. The molecule has 1 atom stereocenters. The third-order valence-corrected chi connectivity index (χ3v) is 7.48. The highest BCUT2D eigenvalue weighted by atomic mass is 35.5. The van der Waals surface area contributed by atoms with E-state index < -0.39 is 0 Å². The predicted octanol–water partition coefficient (Wildman–Crippen LogP) is 5.27. The van der Waals surface area contributed by atoms with Crippen LogP contribution in [0.5, 0.6) is 0 Å². The average molecular weight is 513 g/mol. The number of benzene rings is 1. The Hall–Kier alpha value is -1.77. The van der Waals surface area contributed by atoms with Crippen LogP contribution in [0.4, 0.5) is 0 Å². The fourth-order valence-corrected chi connectivity index (χ4v) is 5.09. The second kappa shape index (κ2) is 12.1. The molecule has 0 saturated heterocycles. The van der Waals surface area contributed by atoms with Gasteiger partial charge in [0.2, 0.25) is 5.91 Å². The first-order valence-corrected chi connectivity index (χ1v) is 13.2. The zero-order valence-corrected chi connectivity index (χ0v) is 21.6. The molecule has 7 nitrogen and oxygen atoms in total. The van der Waals surface area contributed by atoms with Crippen molar-refractivity contribution in [3.05, 3.63) is 39.6 Å². The molecule has 33 heavy (non-hydrogen) atoms. The number of amides is 2. The summed E-state index contributed by atoms with van der Waals surface area (Å²) in [6, 6.07) is 4.72. The molecule has 1 heterocycles. The first kappa shape index (κ1) is 25.8. The van der Waals surface area contributed by atoms with Gasteiger partial charge in [-0.3, -0.25) is 9.59 Å². The van der Waals surface area contributed by atoms with E-state index in [1.807, 2.05) is 25.3 Å². The van der Waals surface area contributed by atoms with Crippen LogP contribution < -0.4 is 10.6 Å². The van der Waals surface area contributed by atoms with Crippen molar-refractivity contribution >= 4 is 46.8 Å². The number of thioether (sulfide) groups is 1. The van der Waals surface area contributed by atoms with Crippen LogP contribution in [0.25, 0.3) is 0 Å². The van der Waals surface area contributed by atoms with Crippen LogP contribution in [0.3, 0.4) is 0 Å². The minimum Gasteiger partial charge on any atom is -0.353 e. The number of carbonyl (C=O) groups excluding carboxylic acids is 2. The summed E-state index contributed by atoms with van der Waals surface area (Å²) in [5, 5.41) is 16.3. The number of carbonyl (C=O) groups is 2. The maximum Gasteiger partial charge on any atom is 0.251 e. The summed E-state index contributed by atoms with van der Waals surface area (Å²) in [6.07, 6.45) is 5.72. The Morgan fingerprint density at radius 1 is 1.15 bits per heavy atom. The zero-order valence-electron chi connectivity index (χ0n) is 19.2. The van der Waals surface area contributed by atoms with E-state index in [1.54, 1.807) is 18.2 Å². The second-order valence-electron chi connectivity index (χ2n) is 8.60. The molecule has 2 N–H and O–H groups in total. The maximum atomic E-state index is 12.9. The molecule has 0 aliphatic heterocycles. The van der Waals surface area contributed by atoms with Crippen molar-refractivity contribution in [2.75, 3.05) is 5.75 Å². The average Bonchev–Trinajstić information content (AvgIpc) is 3.20. The monoisotopic (exact) mass is 511 g/mol. The molecule has 1 aromatic heterocycles. The predicted molar refractivity (Wildman–Crippen MR) is 133 cm³/mol. The van der Waals surface area contributed by atoms with E-state index in [4.69, 9.17) is 23.2 Å². The van der Waals surface area contributed by atoms with E-state index in [0.717, 1.165) is 12.8 Å². The molecule has 0 radical (unpaired) electrons. The Morgan fingerprint density at radius 2 is 1.88 bits per heavy atom. The van der Waals surface area contributed by atoms with Gasteiger partial charge in [0.1, 0.15) is 0 Å². The number of aromatic nitrogens is 3. The quantitative estimate of drug-likeness (QED) is 0.447. The fourth-order valence-electron chi connectivity index (χ4n) is 3.97. The SMILES string of the molecule is CCn1c(SCC(=O)NC2CCCCC2)nnc1[C@@H](NC(=O)c1ccc(Cl)c(Cl)c1)C(C)C. The van der Waals surface area contributed by atoms with Crippen molar-refractivity contribution in [1.82, 2.24) is 25.4 Å². The van der Waals surface area contributed by atoms with E-state index in [9.17, 15) is 9.59 Å². The van der Waals surface area contributed by atoms with Crippen molar-refractivity contribution in [3.63, 3.8) is 0 Å². The summed E-state index contributed by atoms with van der Waals surface area (Å²) in [4.78, 5) is 25.3. The standard InChI is InChI=1S/C23H31Cl2N5O2S/c1-4-30-21(20(14(2)3)27-22(32)15-10-11-17(24)18(25)12-15)28-29-23(30)33-13-19(31)26-16-8-6-5-7-9-16/h10-12,14,16,20H,4-9,13H2,1-3H3,(H,26,31)(H,27,32)/t20-/m0/s1. The van der Waals surface area contributed by atoms with E-state index in [1.165, 1.54) is 31.0 Å².